The predicted octanol–water partition coefficient (Wildman–Crippen LogP) is -1.40. The second-order valence-corrected chi connectivity index (χ2v) is 7.21. The molecule has 1 atom stereocenters. The number of nitrogens with zero attached hydrogens (tertiary/aromatic N) is 1. The van der Waals surface area contributed by atoms with Crippen molar-refractivity contribution in [2.24, 2.45) is 4.99 Å². The number of halogens is 1. The van der Waals surface area contributed by atoms with Crippen LogP contribution in [0.4, 0.5) is 5.69 Å². The van der Waals surface area contributed by atoms with E-state index in [1.807, 2.05) is 30.3 Å². The van der Waals surface area contributed by atoms with Crippen molar-refractivity contribution >= 4 is 17.4 Å². The van der Waals surface area contributed by atoms with Crippen LogP contribution in [0.25, 0.3) is 0 Å². The molecule has 94 valence electrons. The summed E-state index contributed by atoms with van der Waals surface area (Å²) in [6, 6.07) is 16.8. The van der Waals surface area contributed by atoms with Crippen molar-refractivity contribution in [2.75, 3.05) is 0 Å². The molecule has 0 radical (unpaired) electrons. The van der Waals surface area contributed by atoms with Crippen molar-refractivity contribution in [3.63, 3.8) is 0 Å². The van der Waals surface area contributed by atoms with Gasteiger partial charge in [-0.05, 0) is 24.3 Å². The molecule has 0 N–H and O–H groups in total. The molecule has 1 aliphatic rings. The summed E-state index contributed by atoms with van der Waals surface area (Å²) in [5, 5.41) is 12.0. The molecule has 2 aromatic carbocycles. The van der Waals surface area contributed by atoms with Gasteiger partial charge in [-0.1, -0.05) is 30.3 Å². The van der Waals surface area contributed by atoms with Crippen LogP contribution in [-0.2, 0) is 0 Å². The van der Waals surface area contributed by atoms with Crippen molar-refractivity contribution in [3.05, 3.63) is 63.7 Å². The number of rotatable bonds is 2. The number of Topliss-reactive ketones (excluding diaryl/α,β-unsaturated/α-hetero) is 1. The van der Waals surface area contributed by atoms with Gasteiger partial charge < -0.3 is 5.11 Å². The van der Waals surface area contributed by atoms with E-state index >= 15 is 0 Å². The lowest BCUT2D eigenvalue weighted by molar-refractivity contribution is -0.639. The van der Waals surface area contributed by atoms with E-state index in [9.17, 15) is 9.90 Å². The number of ketones is 1. The zero-order chi connectivity index (χ0) is 13.2. The van der Waals surface area contributed by atoms with Gasteiger partial charge in [0, 0.05) is 11.5 Å². The molecule has 0 bridgehead atoms. The molecule has 1 heterocycles. The maximum absolute atomic E-state index is 12.4. The quantitative estimate of drug-likeness (QED) is 0.487. The lowest BCUT2D eigenvalue weighted by Gasteiger charge is -2.19. The number of hydrogen-bond donors (Lipinski definition) is 0. The number of benzene rings is 2. The Hall–Kier alpha value is -1.69. The summed E-state index contributed by atoms with van der Waals surface area (Å²) in [5.74, 6) is -0.368. The van der Waals surface area contributed by atoms with Gasteiger partial charge in [0.25, 0.3) is 0 Å². The number of fused-ring (bicyclic) bond motifs is 1. The number of alkyl halides is 1. The highest BCUT2D eigenvalue weighted by Gasteiger charge is 2.38. The second-order valence-electron chi connectivity index (χ2n) is 4.10. The molecule has 0 amide bonds. The largest absolute Gasteiger partial charge is 0.858 e. The maximum atomic E-state index is 12.4. The number of aliphatic imine (C=N–C) groups is 1. The molecule has 2 aromatic rings. The van der Waals surface area contributed by atoms with Gasteiger partial charge >= 0.3 is 21.2 Å². The van der Waals surface area contributed by atoms with Crippen LogP contribution in [0.3, 0.4) is 0 Å². The number of carbonyl (C=O) groups excluding carboxylic acids is 1. The lowest BCUT2D eigenvalue weighted by Crippen LogP contribution is -3.66. The molecule has 3 nitrogen and oxygen atoms in total. The fraction of sp³-hybridized carbons (Fsp3) is 0.0667. The molecule has 4 heteroatoms. The zero-order valence-corrected chi connectivity index (χ0v) is 12.1. The summed E-state index contributed by atoms with van der Waals surface area (Å²) in [6.45, 7) is 0. The number of carbonyl (C=O) groups is 1. The molecule has 0 aromatic heterocycles. The Balaban J connectivity index is 1.95. The third-order valence-corrected chi connectivity index (χ3v) is 5.97. The number of hydrogen-bond acceptors (Lipinski definition) is 3. The average molecular weight is 363 g/mol. The molecule has 1 unspecified atom stereocenters. The first-order valence-corrected chi connectivity index (χ1v) is 8.15. The van der Waals surface area contributed by atoms with Gasteiger partial charge in [-0.15, -0.1) is 0 Å². The highest BCUT2D eigenvalue weighted by Crippen LogP contribution is 2.23. The Morgan fingerprint density at radius 1 is 1.00 bits per heavy atom. The molecule has 1 aliphatic heterocycles. The zero-order valence-electron chi connectivity index (χ0n) is 9.92. The van der Waals surface area contributed by atoms with Crippen LogP contribution in [0.5, 0.6) is 0 Å². The van der Waals surface area contributed by atoms with E-state index in [1.165, 1.54) is 0 Å². The third-order valence-electron chi connectivity index (χ3n) is 2.82. The Labute approximate surface area is 121 Å². The van der Waals surface area contributed by atoms with Gasteiger partial charge in [-0.2, -0.15) is 0 Å². The minimum atomic E-state index is -0.694. The highest BCUT2D eigenvalue weighted by atomic mass is 127. The SMILES string of the molecule is O=C1c2ccccc2N=C([O-])C1[I+]c1ccccc1. The van der Waals surface area contributed by atoms with Crippen LogP contribution >= 0.6 is 0 Å². The van der Waals surface area contributed by atoms with E-state index in [-0.39, 0.29) is 11.7 Å². The molecule has 0 saturated carbocycles. The van der Waals surface area contributed by atoms with Crippen molar-refractivity contribution in [3.8, 4) is 0 Å². The maximum Gasteiger partial charge on any atom is 0.331 e. The van der Waals surface area contributed by atoms with Gasteiger partial charge in [0.1, 0.15) is 0 Å². The summed E-state index contributed by atoms with van der Waals surface area (Å²) < 4.78 is 0.513. The highest BCUT2D eigenvalue weighted by molar-refractivity contribution is 6.16. The van der Waals surface area contributed by atoms with Gasteiger partial charge in [0.05, 0.1) is 5.69 Å². The summed E-state index contributed by atoms with van der Waals surface area (Å²) in [5.41, 5.74) is 1.08. The van der Waals surface area contributed by atoms with Crippen LogP contribution in [-0.4, -0.2) is 15.6 Å². The van der Waals surface area contributed by atoms with Crippen molar-refractivity contribution in [1.82, 2.24) is 0 Å². The monoisotopic (exact) mass is 363 g/mol. The van der Waals surface area contributed by atoms with E-state index < -0.39 is 25.1 Å². The van der Waals surface area contributed by atoms with E-state index in [4.69, 9.17) is 0 Å². The fourth-order valence-corrected chi connectivity index (χ4v) is 4.49. The predicted molar refractivity (Wildman–Crippen MR) is 66.8 cm³/mol. The second kappa shape index (κ2) is 5.13. The van der Waals surface area contributed by atoms with Crippen molar-refractivity contribution < 1.29 is 31.1 Å². The molecular weight excluding hydrogens is 353 g/mol. The lowest BCUT2D eigenvalue weighted by atomic mass is 10.0. The summed E-state index contributed by atoms with van der Waals surface area (Å²) in [7, 11) is 0. The van der Waals surface area contributed by atoms with Crippen LogP contribution in [0, 0.1) is 3.57 Å². The van der Waals surface area contributed by atoms with Crippen LogP contribution < -0.4 is 26.3 Å². The fourth-order valence-electron chi connectivity index (χ4n) is 1.91. The Morgan fingerprint density at radius 3 is 2.47 bits per heavy atom. The molecule has 0 saturated heterocycles. The van der Waals surface area contributed by atoms with Crippen LogP contribution in [0.2, 0.25) is 0 Å². The Morgan fingerprint density at radius 2 is 1.68 bits per heavy atom. The summed E-state index contributed by atoms with van der Waals surface area (Å²) in [4.78, 5) is 16.4. The first-order valence-electron chi connectivity index (χ1n) is 5.83. The van der Waals surface area contributed by atoms with E-state index in [2.05, 4.69) is 4.99 Å². The van der Waals surface area contributed by atoms with Crippen LogP contribution in [0.15, 0.2) is 59.6 Å². The molecule has 19 heavy (non-hydrogen) atoms. The van der Waals surface area contributed by atoms with E-state index in [0.717, 1.165) is 3.57 Å². The van der Waals surface area contributed by atoms with E-state index in [0.29, 0.717) is 11.3 Å². The van der Waals surface area contributed by atoms with E-state index in [1.54, 1.807) is 24.3 Å². The smallest absolute Gasteiger partial charge is 0.331 e. The Bertz CT molecular complexity index is 652. The van der Waals surface area contributed by atoms with Gasteiger partial charge in [0.15, 0.2) is 3.57 Å². The van der Waals surface area contributed by atoms with Gasteiger partial charge in [0.2, 0.25) is 9.71 Å². The number of para-hydroxylation sites is 1. The molecular formula is C15H10INO2. The minimum absolute atomic E-state index is 0.0766. The Kier molecular flexibility index (Phi) is 3.33. The van der Waals surface area contributed by atoms with Gasteiger partial charge in [-0.25, -0.2) is 0 Å². The van der Waals surface area contributed by atoms with Gasteiger partial charge in [-0.3, -0.25) is 9.79 Å². The molecule has 0 fully saturated rings. The topological polar surface area (TPSA) is 52.5 Å². The summed E-state index contributed by atoms with van der Waals surface area (Å²) in [6.07, 6.45) is 0. The summed E-state index contributed by atoms with van der Waals surface area (Å²) >= 11 is -0.694. The minimum Gasteiger partial charge on any atom is -0.858 e. The van der Waals surface area contributed by atoms with Crippen molar-refractivity contribution in [1.29, 1.82) is 0 Å². The average Bonchev–Trinajstić information content (AvgIpc) is 2.45. The normalized spacial score (nSPS) is 17.8. The first kappa shape index (κ1) is 12.3. The first-order chi connectivity index (χ1) is 9.25. The van der Waals surface area contributed by atoms with Crippen molar-refractivity contribution in [2.45, 2.75) is 3.92 Å². The van der Waals surface area contributed by atoms with Crippen LogP contribution in [0.1, 0.15) is 10.4 Å². The molecule has 3 rings (SSSR count). The third kappa shape index (κ3) is 2.40. The standard InChI is InChI=1S/C15H10INO2/c18-14-11-8-4-5-9-12(11)17-15(19)13(14)16-10-6-2-1-3-7-10/h1-9,13H. The molecule has 0 aliphatic carbocycles. The molecule has 0 spiro atoms.